The SMILES string of the molecule is CC(Nc1nccc(N2C(=O)OC[C@]2(C)C(C)C)n1)c1ccc(F)cc1. The molecule has 1 unspecified atom stereocenters. The molecule has 2 heterocycles. The molecular weight excluding hydrogens is 335 g/mol. The first-order valence-corrected chi connectivity index (χ1v) is 8.63. The molecule has 1 aliphatic rings. The second-order valence-corrected chi connectivity index (χ2v) is 7.06. The summed E-state index contributed by atoms with van der Waals surface area (Å²) < 4.78 is 18.4. The molecule has 0 bridgehead atoms. The van der Waals surface area contributed by atoms with E-state index in [1.54, 1.807) is 29.3 Å². The normalized spacial score (nSPS) is 21.0. The maximum absolute atomic E-state index is 13.1. The Kier molecular flexibility index (Phi) is 4.80. The molecule has 6 nitrogen and oxygen atoms in total. The number of benzene rings is 1. The maximum Gasteiger partial charge on any atom is 0.416 e. The van der Waals surface area contributed by atoms with Crippen LogP contribution in [0.1, 0.15) is 39.3 Å². The number of halogens is 1. The van der Waals surface area contributed by atoms with E-state index in [0.29, 0.717) is 18.4 Å². The quantitative estimate of drug-likeness (QED) is 0.869. The minimum atomic E-state index is -0.467. The number of carbonyl (C=O) groups is 1. The second kappa shape index (κ2) is 6.90. The zero-order chi connectivity index (χ0) is 18.9. The van der Waals surface area contributed by atoms with Gasteiger partial charge in [-0.25, -0.2) is 14.2 Å². The van der Waals surface area contributed by atoms with E-state index in [1.807, 2.05) is 27.7 Å². The number of hydrogen-bond donors (Lipinski definition) is 1. The topological polar surface area (TPSA) is 67.4 Å². The van der Waals surface area contributed by atoms with Gasteiger partial charge >= 0.3 is 6.09 Å². The van der Waals surface area contributed by atoms with Gasteiger partial charge < -0.3 is 10.1 Å². The van der Waals surface area contributed by atoms with Gasteiger partial charge in [0.25, 0.3) is 0 Å². The summed E-state index contributed by atoms with van der Waals surface area (Å²) in [5, 5.41) is 3.19. The summed E-state index contributed by atoms with van der Waals surface area (Å²) in [6, 6.07) is 7.83. The van der Waals surface area contributed by atoms with E-state index in [0.717, 1.165) is 5.56 Å². The van der Waals surface area contributed by atoms with Gasteiger partial charge in [-0.2, -0.15) is 4.98 Å². The minimum absolute atomic E-state index is 0.118. The highest BCUT2D eigenvalue weighted by molar-refractivity contribution is 5.90. The van der Waals surface area contributed by atoms with Crippen LogP contribution in [0.25, 0.3) is 0 Å². The highest BCUT2D eigenvalue weighted by atomic mass is 19.1. The first-order chi connectivity index (χ1) is 12.3. The lowest BCUT2D eigenvalue weighted by atomic mass is 9.88. The number of ether oxygens (including phenoxy) is 1. The number of amides is 1. The lowest BCUT2D eigenvalue weighted by molar-refractivity contribution is 0.168. The molecule has 138 valence electrons. The molecule has 26 heavy (non-hydrogen) atoms. The van der Waals surface area contributed by atoms with Crippen LogP contribution < -0.4 is 10.2 Å². The Morgan fingerprint density at radius 2 is 1.92 bits per heavy atom. The molecule has 1 aliphatic heterocycles. The number of nitrogens with one attached hydrogen (secondary N) is 1. The highest BCUT2D eigenvalue weighted by Crippen LogP contribution is 2.35. The standard InChI is InChI=1S/C19H23FN4O2/c1-12(2)19(4)11-26-18(25)24(19)16-9-10-21-17(23-16)22-13(3)14-5-7-15(20)8-6-14/h5-10,12-13H,11H2,1-4H3,(H,21,22,23)/t13?,19-/m1/s1. The molecule has 0 spiro atoms. The van der Waals surface area contributed by atoms with E-state index in [9.17, 15) is 9.18 Å². The van der Waals surface area contributed by atoms with Crippen molar-refractivity contribution in [3.05, 3.63) is 47.9 Å². The van der Waals surface area contributed by atoms with Crippen molar-refractivity contribution in [2.45, 2.75) is 39.3 Å². The van der Waals surface area contributed by atoms with Gasteiger partial charge in [0.05, 0.1) is 11.6 Å². The average molecular weight is 358 g/mol. The number of anilines is 2. The van der Waals surface area contributed by atoms with Crippen molar-refractivity contribution in [3.8, 4) is 0 Å². The first-order valence-electron chi connectivity index (χ1n) is 8.63. The Morgan fingerprint density at radius 1 is 1.23 bits per heavy atom. The van der Waals surface area contributed by atoms with E-state index in [-0.39, 0.29) is 17.8 Å². The molecule has 3 rings (SSSR count). The number of carbonyl (C=O) groups excluding carboxylic acids is 1. The predicted octanol–water partition coefficient (Wildman–Crippen LogP) is 4.16. The Hall–Kier alpha value is -2.70. The molecule has 0 saturated carbocycles. The fourth-order valence-corrected chi connectivity index (χ4v) is 2.90. The lowest BCUT2D eigenvalue weighted by Crippen LogP contribution is -2.49. The molecule has 1 aromatic heterocycles. The number of nitrogens with zero attached hydrogens (tertiary/aromatic N) is 3. The van der Waals surface area contributed by atoms with Crippen molar-refractivity contribution in [1.29, 1.82) is 0 Å². The van der Waals surface area contributed by atoms with E-state index >= 15 is 0 Å². The van der Waals surface area contributed by atoms with Crippen LogP contribution in [0.4, 0.5) is 21.0 Å². The number of hydrogen-bond acceptors (Lipinski definition) is 5. The van der Waals surface area contributed by atoms with Crippen molar-refractivity contribution in [1.82, 2.24) is 9.97 Å². The molecule has 0 aliphatic carbocycles. The van der Waals surface area contributed by atoms with E-state index in [2.05, 4.69) is 15.3 Å². The maximum atomic E-state index is 13.1. The predicted molar refractivity (Wildman–Crippen MR) is 97.5 cm³/mol. The van der Waals surface area contributed by atoms with E-state index < -0.39 is 11.6 Å². The smallest absolute Gasteiger partial charge is 0.416 e. The molecule has 1 amide bonds. The van der Waals surface area contributed by atoms with Crippen LogP contribution in [-0.2, 0) is 4.74 Å². The number of rotatable bonds is 5. The summed E-state index contributed by atoms with van der Waals surface area (Å²) in [7, 11) is 0. The Balaban J connectivity index is 1.84. The van der Waals surface area contributed by atoms with Gasteiger partial charge in [-0.3, -0.25) is 4.90 Å². The third kappa shape index (κ3) is 3.34. The molecule has 1 aromatic carbocycles. The number of cyclic esters (lactones) is 1. The molecule has 2 atom stereocenters. The van der Waals surface area contributed by atoms with Gasteiger partial charge in [0.2, 0.25) is 5.95 Å². The van der Waals surface area contributed by atoms with Gasteiger partial charge in [0.15, 0.2) is 0 Å². The van der Waals surface area contributed by atoms with Gasteiger partial charge in [-0.15, -0.1) is 0 Å². The fourth-order valence-electron chi connectivity index (χ4n) is 2.90. The van der Waals surface area contributed by atoms with Crippen molar-refractivity contribution in [2.24, 2.45) is 5.92 Å². The summed E-state index contributed by atoms with van der Waals surface area (Å²) >= 11 is 0. The van der Waals surface area contributed by atoms with Gasteiger partial charge in [0, 0.05) is 6.20 Å². The van der Waals surface area contributed by atoms with Crippen LogP contribution in [0, 0.1) is 11.7 Å². The van der Waals surface area contributed by atoms with Gasteiger partial charge in [-0.1, -0.05) is 26.0 Å². The summed E-state index contributed by atoms with van der Waals surface area (Å²) in [6.07, 6.45) is 1.20. The van der Waals surface area contributed by atoms with E-state index in [4.69, 9.17) is 4.74 Å². The first kappa shape index (κ1) is 18.1. The summed E-state index contributed by atoms with van der Waals surface area (Å²) in [5.41, 5.74) is 0.443. The zero-order valence-corrected chi connectivity index (χ0v) is 15.4. The monoisotopic (exact) mass is 358 g/mol. The Bertz CT molecular complexity index is 796. The van der Waals surface area contributed by atoms with Crippen molar-refractivity contribution in [2.75, 3.05) is 16.8 Å². The Morgan fingerprint density at radius 3 is 2.58 bits per heavy atom. The summed E-state index contributed by atoms with van der Waals surface area (Å²) in [4.78, 5) is 22.6. The van der Waals surface area contributed by atoms with E-state index in [1.165, 1.54) is 12.1 Å². The van der Waals surface area contributed by atoms with Crippen LogP contribution in [0.5, 0.6) is 0 Å². The lowest BCUT2D eigenvalue weighted by Gasteiger charge is -2.34. The van der Waals surface area contributed by atoms with Gasteiger partial charge in [-0.05, 0) is 43.5 Å². The average Bonchev–Trinajstić information content (AvgIpc) is 2.92. The molecule has 7 heteroatoms. The molecule has 1 fully saturated rings. The van der Waals surface area contributed by atoms with Gasteiger partial charge in [0.1, 0.15) is 18.2 Å². The minimum Gasteiger partial charge on any atom is -0.447 e. The molecular formula is C19H23FN4O2. The van der Waals surface area contributed by atoms with Crippen molar-refractivity contribution >= 4 is 17.9 Å². The molecule has 0 radical (unpaired) electrons. The third-order valence-corrected chi connectivity index (χ3v) is 5.01. The summed E-state index contributed by atoms with van der Waals surface area (Å²) in [6.45, 7) is 8.34. The largest absolute Gasteiger partial charge is 0.447 e. The van der Waals surface area contributed by atoms with Crippen LogP contribution >= 0.6 is 0 Å². The zero-order valence-electron chi connectivity index (χ0n) is 15.4. The van der Waals surface area contributed by atoms with Crippen molar-refractivity contribution < 1.29 is 13.9 Å². The molecule has 1 N–H and O–H groups in total. The Labute approximate surface area is 152 Å². The fraction of sp³-hybridized carbons (Fsp3) is 0.421. The highest BCUT2D eigenvalue weighted by Gasteiger charge is 2.47. The summed E-state index contributed by atoms with van der Waals surface area (Å²) in [5.74, 6) is 0.802. The van der Waals surface area contributed by atoms with Crippen LogP contribution in [0.2, 0.25) is 0 Å². The number of aromatic nitrogens is 2. The van der Waals surface area contributed by atoms with Crippen molar-refractivity contribution in [3.63, 3.8) is 0 Å². The van der Waals surface area contributed by atoms with Crippen LogP contribution in [0.15, 0.2) is 36.5 Å². The molecule has 2 aromatic rings. The molecule has 1 saturated heterocycles. The van der Waals surface area contributed by atoms with Crippen LogP contribution in [-0.4, -0.2) is 28.2 Å². The third-order valence-electron chi connectivity index (χ3n) is 5.01. The second-order valence-electron chi connectivity index (χ2n) is 7.06. The van der Waals surface area contributed by atoms with Crippen LogP contribution in [0.3, 0.4) is 0 Å².